The Morgan fingerprint density at radius 1 is 0.477 bits per heavy atom. The van der Waals surface area contributed by atoms with Crippen LogP contribution >= 0.6 is 7.82 Å². The lowest BCUT2D eigenvalue weighted by atomic mass is 10.0. The Morgan fingerprint density at radius 2 is 0.831 bits per heavy atom. The third kappa shape index (κ3) is 52.5. The maximum absolute atomic E-state index is 12.2. The molecule has 0 heterocycles. The summed E-state index contributed by atoms with van der Waals surface area (Å²) in [6, 6.07) is 0. The number of carbonyl (C=O) groups excluding carboxylic acids is 2. The molecule has 9 nitrogen and oxygen atoms in total. The molecule has 0 aromatic carbocycles. The van der Waals surface area contributed by atoms with Crippen molar-refractivity contribution >= 4 is 19.7 Å². The summed E-state index contributed by atoms with van der Waals surface area (Å²) < 4.78 is 27.0. The van der Waals surface area contributed by atoms with Gasteiger partial charge in [-0.2, -0.15) is 0 Å². The molecule has 2 unspecified atom stereocenters. The summed E-state index contributed by atoms with van der Waals surface area (Å²) in [4.78, 5) is 34.1. The first-order valence-corrected chi connectivity index (χ1v) is 28.3. The zero-order valence-electron chi connectivity index (χ0n) is 41.9. The molecule has 0 aliphatic carbocycles. The van der Waals surface area contributed by atoms with Gasteiger partial charge in [0.25, 0.3) is 0 Å². The third-order valence-electron chi connectivity index (χ3n) is 11.4. The normalized spacial score (nSPS) is 13.6. The lowest BCUT2D eigenvalue weighted by molar-refractivity contribution is -0.147. The van der Waals surface area contributed by atoms with Crippen LogP contribution in [0.15, 0.2) is 60.8 Å². The fourth-order valence-corrected chi connectivity index (χ4v) is 8.12. The van der Waals surface area contributed by atoms with Crippen molar-refractivity contribution < 1.29 is 37.9 Å². The molecule has 0 fully saturated rings. The highest BCUT2D eigenvalue weighted by Gasteiger charge is 2.23. The number of amides is 1. The van der Waals surface area contributed by atoms with Crippen LogP contribution in [-0.4, -0.2) is 54.3 Å². The van der Waals surface area contributed by atoms with Crippen molar-refractivity contribution in [3.63, 3.8) is 0 Å². The van der Waals surface area contributed by atoms with Crippen LogP contribution in [0.4, 0.5) is 0 Å². The first kappa shape index (κ1) is 62.7. The number of aliphatic hydroxyl groups is 1. The van der Waals surface area contributed by atoms with Crippen LogP contribution in [0.2, 0.25) is 0 Å². The van der Waals surface area contributed by atoms with E-state index in [0.717, 1.165) is 70.6 Å². The SMILES string of the molecule is CCCCC/C=C\C/C=C\C/C=C\C/C=C\CCCCCCCCCC(=O)OCC(O)COP(=O)(O)OCCNC(=O)CCCCCCCCCCCCC/C=C/CCCCCCCC. The Morgan fingerprint density at radius 3 is 1.29 bits per heavy atom. The number of phosphoric acid groups is 1. The quantitative estimate of drug-likeness (QED) is 0.0238. The number of nitrogens with one attached hydrogen (secondary N) is 1. The van der Waals surface area contributed by atoms with Gasteiger partial charge >= 0.3 is 13.8 Å². The summed E-state index contributed by atoms with van der Waals surface area (Å²) in [5.41, 5.74) is 0. The van der Waals surface area contributed by atoms with Crippen molar-refractivity contribution in [2.45, 2.75) is 251 Å². The number of rotatable bonds is 50. The first-order valence-electron chi connectivity index (χ1n) is 26.8. The molecule has 0 bridgehead atoms. The number of carbonyl (C=O) groups is 2. The minimum Gasteiger partial charge on any atom is -0.463 e. The van der Waals surface area contributed by atoms with Gasteiger partial charge in [-0.05, 0) is 83.5 Å². The number of phosphoric ester groups is 1. The molecule has 0 spiro atoms. The second kappa shape index (κ2) is 51.1. The number of aliphatic hydroxyl groups excluding tert-OH is 1. The van der Waals surface area contributed by atoms with Crippen LogP contribution in [-0.2, 0) is 27.9 Å². The van der Waals surface area contributed by atoms with Crippen molar-refractivity contribution in [2.75, 3.05) is 26.4 Å². The lowest BCUT2D eigenvalue weighted by Gasteiger charge is -2.15. The Bertz CT molecular complexity index is 1250. The Balaban J connectivity index is 3.58. The number of ether oxygens (including phenoxy) is 1. The molecule has 0 rings (SSSR count). The van der Waals surface area contributed by atoms with Crippen LogP contribution in [0, 0.1) is 0 Å². The van der Waals surface area contributed by atoms with E-state index in [-0.39, 0.29) is 32.1 Å². The van der Waals surface area contributed by atoms with Gasteiger partial charge in [-0.3, -0.25) is 18.6 Å². The van der Waals surface area contributed by atoms with Gasteiger partial charge in [0.05, 0.1) is 13.2 Å². The molecule has 0 aliphatic rings. The summed E-state index contributed by atoms with van der Waals surface area (Å²) >= 11 is 0. The molecule has 0 aromatic rings. The van der Waals surface area contributed by atoms with E-state index in [4.69, 9.17) is 13.8 Å². The predicted octanol–water partition coefficient (Wildman–Crippen LogP) is 16.0. The van der Waals surface area contributed by atoms with Crippen LogP contribution in [0.1, 0.15) is 245 Å². The Labute approximate surface area is 399 Å². The van der Waals surface area contributed by atoms with E-state index in [1.165, 1.54) is 148 Å². The monoisotopic (exact) mass is 934 g/mol. The van der Waals surface area contributed by atoms with Crippen LogP contribution in [0.25, 0.3) is 0 Å². The average Bonchev–Trinajstić information content (AvgIpc) is 3.29. The van der Waals surface area contributed by atoms with Crippen molar-refractivity contribution in [3.05, 3.63) is 60.8 Å². The van der Waals surface area contributed by atoms with Gasteiger partial charge < -0.3 is 20.1 Å². The molecule has 0 radical (unpaired) electrons. The molecule has 0 saturated carbocycles. The van der Waals surface area contributed by atoms with Gasteiger partial charge in [-0.1, -0.05) is 209 Å². The summed E-state index contributed by atoms with van der Waals surface area (Å²) in [6.45, 7) is 3.54. The molecule has 65 heavy (non-hydrogen) atoms. The van der Waals surface area contributed by atoms with E-state index in [9.17, 15) is 24.2 Å². The van der Waals surface area contributed by atoms with Crippen LogP contribution in [0.5, 0.6) is 0 Å². The van der Waals surface area contributed by atoms with Gasteiger partial charge in [-0.15, -0.1) is 0 Å². The second-order valence-electron chi connectivity index (χ2n) is 17.8. The number of allylic oxidation sites excluding steroid dienone is 10. The number of unbranched alkanes of at least 4 members (excludes halogenated alkanes) is 27. The molecule has 0 saturated heterocycles. The van der Waals surface area contributed by atoms with Crippen LogP contribution < -0.4 is 5.32 Å². The first-order chi connectivity index (χ1) is 31.8. The van der Waals surface area contributed by atoms with E-state index in [0.29, 0.717) is 6.42 Å². The largest absolute Gasteiger partial charge is 0.472 e. The lowest BCUT2D eigenvalue weighted by Crippen LogP contribution is -2.27. The molecule has 1 amide bonds. The molecule has 0 aliphatic heterocycles. The number of hydrogen-bond acceptors (Lipinski definition) is 7. The highest BCUT2D eigenvalue weighted by molar-refractivity contribution is 7.47. The zero-order chi connectivity index (χ0) is 47.4. The smallest absolute Gasteiger partial charge is 0.463 e. The Kier molecular flexibility index (Phi) is 49.3. The van der Waals surface area contributed by atoms with Crippen molar-refractivity contribution in [2.24, 2.45) is 0 Å². The standard InChI is InChI=1S/C55H100NO8P/c1-3-5-7-9-11-13-15-17-19-21-23-25-26-28-30-32-34-36-38-40-42-44-46-48-55(59)62-51-53(57)52-64-65(60,61)63-50-49-56-54(58)47-45-43-41-39-37-35-33-31-29-27-24-22-20-18-16-14-12-10-8-6-4-2/h11,13,17-20,23,25,28,30,53,57H,3-10,12,14-16,21-22,24,26-27,29,31-52H2,1-2H3,(H,56,58)(H,60,61)/b13-11-,19-17-,20-18+,25-23-,30-28-. The van der Waals surface area contributed by atoms with Gasteiger partial charge in [0.2, 0.25) is 5.91 Å². The highest BCUT2D eigenvalue weighted by atomic mass is 31.2. The van der Waals surface area contributed by atoms with E-state index in [1.54, 1.807) is 0 Å². The van der Waals surface area contributed by atoms with E-state index < -0.39 is 26.5 Å². The molecule has 3 N–H and O–H groups in total. The van der Waals surface area contributed by atoms with Crippen molar-refractivity contribution in [1.82, 2.24) is 5.32 Å². The van der Waals surface area contributed by atoms with Gasteiger partial charge in [0.15, 0.2) is 0 Å². The van der Waals surface area contributed by atoms with Gasteiger partial charge in [-0.25, -0.2) is 4.57 Å². The molecule has 378 valence electrons. The summed E-state index contributed by atoms with van der Waals surface area (Å²) in [6.07, 6.45) is 63.0. The maximum Gasteiger partial charge on any atom is 0.472 e. The molecular formula is C55H100NO8P. The third-order valence-corrected chi connectivity index (χ3v) is 12.4. The number of esters is 1. The van der Waals surface area contributed by atoms with E-state index in [1.807, 2.05) is 0 Å². The minimum atomic E-state index is -4.43. The number of hydrogen-bond donors (Lipinski definition) is 3. The predicted molar refractivity (Wildman–Crippen MR) is 275 cm³/mol. The molecule has 0 aromatic heterocycles. The molecule has 10 heteroatoms. The summed E-state index contributed by atoms with van der Waals surface area (Å²) in [5, 5.41) is 12.8. The van der Waals surface area contributed by atoms with E-state index >= 15 is 0 Å². The van der Waals surface area contributed by atoms with Gasteiger partial charge in [0, 0.05) is 19.4 Å². The molecular weight excluding hydrogens is 834 g/mol. The van der Waals surface area contributed by atoms with Gasteiger partial charge in [0.1, 0.15) is 12.7 Å². The summed E-state index contributed by atoms with van der Waals surface area (Å²) in [7, 11) is -4.43. The maximum atomic E-state index is 12.2. The minimum absolute atomic E-state index is 0.0790. The van der Waals surface area contributed by atoms with E-state index in [2.05, 4.69) is 79.9 Å². The second-order valence-corrected chi connectivity index (χ2v) is 19.3. The molecule has 2 atom stereocenters. The highest BCUT2D eigenvalue weighted by Crippen LogP contribution is 2.42. The average molecular weight is 934 g/mol. The van der Waals surface area contributed by atoms with Crippen molar-refractivity contribution in [3.8, 4) is 0 Å². The summed E-state index contributed by atoms with van der Waals surface area (Å²) in [5.74, 6) is -0.524. The topological polar surface area (TPSA) is 131 Å². The Hall–Kier alpha value is -2.29. The van der Waals surface area contributed by atoms with Crippen molar-refractivity contribution in [1.29, 1.82) is 0 Å². The fourth-order valence-electron chi connectivity index (χ4n) is 7.36. The fraction of sp³-hybridized carbons (Fsp3) is 0.782. The van der Waals surface area contributed by atoms with Crippen LogP contribution in [0.3, 0.4) is 0 Å². The zero-order valence-corrected chi connectivity index (χ0v) is 42.8.